The molecule has 3 rings (SSSR count). The second-order valence-electron chi connectivity index (χ2n) is 5.21. The van der Waals surface area contributed by atoms with Gasteiger partial charge >= 0.3 is 0 Å². The Kier molecular flexibility index (Phi) is 4.22. The molecule has 1 aromatic heterocycles. The molecule has 0 spiro atoms. The number of halogens is 2. The van der Waals surface area contributed by atoms with E-state index in [2.05, 4.69) is 21.2 Å². The molecule has 0 unspecified atom stereocenters. The van der Waals surface area contributed by atoms with Crippen LogP contribution in [0.25, 0.3) is 0 Å². The van der Waals surface area contributed by atoms with Gasteiger partial charge in [-0.1, -0.05) is 6.07 Å². The minimum atomic E-state index is -0.499. The van der Waals surface area contributed by atoms with Crippen molar-refractivity contribution in [2.45, 2.75) is 18.9 Å². The van der Waals surface area contributed by atoms with Crippen LogP contribution in [0.5, 0.6) is 0 Å². The fourth-order valence-electron chi connectivity index (χ4n) is 2.81. The van der Waals surface area contributed by atoms with Crippen molar-refractivity contribution in [3.8, 4) is 0 Å². The Morgan fingerprint density at radius 3 is 2.76 bits per heavy atom. The van der Waals surface area contributed by atoms with E-state index in [1.807, 2.05) is 16.8 Å². The molecule has 0 aliphatic carbocycles. The van der Waals surface area contributed by atoms with Crippen molar-refractivity contribution in [3.63, 3.8) is 0 Å². The van der Waals surface area contributed by atoms with Gasteiger partial charge in [-0.2, -0.15) is 0 Å². The van der Waals surface area contributed by atoms with E-state index < -0.39 is 5.82 Å². The van der Waals surface area contributed by atoms with Gasteiger partial charge in [0.15, 0.2) is 0 Å². The number of aromatic nitrogens is 1. The maximum atomic E-state index is 14.1. The van der Waals surface area contributed by atoms with Gasteiger partial charge in [-0.25, -0.2) is 4.39 Å². The molecule has 0 radical (unpaired) electrons. The van der Waals surface area contributed by atoms with Gasteiger partial charge in [0.2, 0.25) is 5.78 Å². The number of ketones is 1. The highest BCUT2D eigenvalue weighted by atomic mass is 79.9. The zero-order valence-corrected chi connectivity index (χ0v) is 13.1. The number of carbonyl (C=O) groups excluding carboxylic acids is 1. The number of nitrogens with zero attached hydrogens (tertiary/aromatic N) is 1. The monoisotopic (exact) mass is 350 g/mol. The second-order valence-corrected chi connectivity index (χ2v) is 6.07. The van der Waals surface area contributed by atoms with Gasteiger partial charge in [0.05, 0.1) is 15.7 Å². The maximum Gasteiger partial charge on any atom is 0.212 e. The van der Waals surface area contributed by atoms with Crippen LogP contribution in [-0.2, 0) is 0 Å². The Hall–Kier alpha value is -1.46. The number of carbonyl (C=O) groups is 1. The molecular weight excluding hydrogens is 335 g/mol. The fourth-order valence-corrected chi connectivity index (χ4v) is 3.17. The van der Waals surface area contributed by atoms with Crippen LogP contribution >= 0.6 is 15.9 Å². The molecule has 1 N–H and O–H groups in total. The Morgan fingerprint density at radius 2 is 2.00 bits per heavy atom. The number of hydrogen-bond donors (Lipinski definition) is 1. The summed E-state index contributed by atoms with van der Waals surface area (Å²) in [6.07, 6.45) is 3.88. The molecule has 0 amide bonds. The molecule has 110 valence electrons. The Balaban J connectivity index is 1.95. The fraction of sp³-hybridized carbons (Fsp3) is 0.312. The molecule has 1 saturated heterocycles. The average molecular weight is 351 g/mol. The highest BCUT2D eigenvalue weighted by Crippen LogP contribution is 2.25. The summed E-state index contributed by atoms with van der Waals surface area (Å²) in [6, 6.07) is 8.73. The van der Waals surface area contributed by atoms with Crippen LogP contribution in [0.1, 0.15) is 34.9 Å². The third-order valence-corrected chi connectivity index (χ3v) is 4.52. The Bertz CT molecular complexity index is 662. The molecule has 21 heavy (non-hydrogen) atoms. The van der Waals surface area contributed by atoms with Crippen LogP contribution in [0.15, 0.2) is 41.0 Å². The SMILES string of the molecule is O=C(c1cccc(Br)c1F)c1cccn1C1CCNCC1. The number of nitrogens with one attached hydrogen (secondary N) is 1. The standard InChI is InChI=1S/C16H16BrFN2O/c17-13-4-1-3-12(15(13)18)16(21)14-5-2-10-20(14)11-6-8-19-9-7-11/h1-5,10-11,19H,6-9H2. The molecule has 0 atom stereocenters. The van der Waals surface area contributed by atoms with Crippen molar-refractivity contribution in [3.05, 3.63) is 58.1 Å². The number of hydrogen-bond acceptors (Lipinski definition) is 2. The van der Waals surface area contributed by atoms with E-state index in [4.69, 9.17) is 0 Å². The lowest BCUT2D eigenvalue weighted by Crippen LogP contribution is -2.30. The van der Waals surface area contributed by atoms with Crippen LogP contribution in [0.4, 0.5) is 4.39 Å². The van der Waals surface area contributed by atoms with Crippen molar-refractivity contribution in [1.29, 1.82) is 0 Å². The summed E-state index contributed by atoms with van der Waals surface area (Å²) in [5, 5.41) is 3.31. The van der Waals surface area contributed by atoms with Gasteiger partial charge < -0.3 is 9.88 Å². The summed E-state index contributed by atoms with van der Waals surface area (Å²) in [5.41, 5.74) is 0.664. The Morgan fingerprint density at radius 1 is 1.24 bits per heavy atom. The highest BCUT2D eigenvalue weighted by Gasteiger charge is 2.23. The van der Waals surface area contributed by atoms with Crippen molar-refractivity contribution in [2.75, 3.05) is 13.1 Å². The summed E-state index contributed by atoms with van der Waals surface area (Å²) in [7, 11) is 0. The van der Waals surface area contributed by atoms with Gasteiger partial charge in [0.25, 0.3) is 0 Å². The van der Waals surface area contributed by atoms with Crippen LogP contribution in [-0.4, -0.2) is 23.4 Å². The molecule has 1 aliphatic heterocycles. The molecular formula is C16H16BrFN2O. The van der Waals surface area contributed by atoms with Crippen LogP contribution < -0.4 is 5.32 Å². The minimum Gasteiger partial charge on any atom is -0.342 e. The average Bonchev–Trinajstić information content (AvgIpc) is 3.00. The summed E-state index contributed by atoms with van der Waals surface area (Å²) in [6.45, 7) is 1.89. The first-order valence-corrected chi connectivity index (χ1v) is 7.84. The van der Waals surface area contributed by atoms with E-state index in [0.29, 0.717) is 16.2 Å². The first-order chi connectivity index (χ1) is 10.2. The number of piperidine rings is 1. The van der Waals surface area contributed by atoms with Crippen LogP contribution in [0.3, 0.4) is 0 Å². The molecule has 1 aliphatic rings. The molecule has 1 aromatic carbocycles. The molecule has 1 fully saturated rings. The predicted molar refractivity (Wildman–Crippen MR) is 83.1 cm³/mol. The number of benzene rings is 1. The Labute approximate surface area is 131 Å². The quantitative estimate of drug-likeness (QED) is 0.859. The van der Waals surface area contributed by atoms with E-state index in [0.717, 1.165) is 25.9 Å². The largest absolute Gasteiger partial charge is 0.342 e. The first-order valence-electron chi connectivity index (χ1n) is 7.05. The summed E-state index contributed by atoms with van der Waals surface area (Å²) in [4.78, 5) is 12.6. The smallest absolute Gasteiger partial charge is 0.212 e. The lowest BCUT2D eigenvalue weighted by molar-refractivity contribution is 0.102. The molecule has 3 nitrogen and oxygen atoms in total. The molecule has 0 bridgehead atoms. The zero-order valence-electron chi connectivity index (χ0n) is 11.5. The van der Waals surface area contributed by atoms with Gasteiger partial charge in [0, 0.05) is 12.2 Å². The van der Waals surface area contributed by atoms with Gasteiger partial charge in [0.1, 0.15) is 5.82 Å². The summed E-state index contributed by atoms with van der Waals surface area (Å²) < 4.78 is 16.4. The lowest BCUT2D eigenvalue weighted by atomic mass is 10.0. The van der Waals surface area contributed by atoms with Crippen LogP contribution in [0.2, 0.25) is 0 Å². The first kappa shape index (κ1) is 14.5. The van der Waals surface area contributed by atoms with Gasteiger partial charge in [-0.05, 0) is 66.1 Å². The van der Waals surface area contributed by atoms with Crippen molar-refractivity contribution >= 4 is 21.7 Å². The second kappa shape index (κ2) is 6.12. The molecule has 0 saturated carbocycles. The highest BCUT2D eigenvalue weighted by molar-refractivity contribution is 9.10. The van der Waals surface area contributed by atoms with Gasteiger partial charge in [-0.15, -0.1) is 0 Å². The van der Waals surface area contributed by atoms with Gasteiger partial charge in [-0.3, -0.25) is 4.79 Å². The van der Waals surface area contributed by atoms with E-state index in [-0.39, 0.29) is 11.3 Å². The summed E-state index contributed by atoms with van der Waals surface area (Å²) in [5.74, 6) is -0.766. The zero-order chi connectivity index (χ0) is 14.8. The number of rotatable bonds is 3. The third-order valence-electron chi connectivity index (χ3n) is 3.91. The molecule has 2 aromatic rings. The topological polar surface area (TPSA) is 34.0 Å². The predicted octanol–water partition coefficient (Wildman–Crippen LogP) is 3.55. The van der Waals surface area contributed by atoms with E-state index >= 15 is 0 Å². The van der Waals surface area contributed by atoms with Crippen molar-refractivity contribution in [1.82, 2.24) is 9.88 Å². The normalized spacial score (nSPS) is 16.1. The van der Waals surface area contributed by atoms with Crippen molar-refractivity contribution < 1.29 is 9.18 Å². The summed E-state index contributed by atoms with van der Waals surface area (Å²) >= 11 is 3.13. The van der Waals surface area contributed by atoms with E-state index in [1.54, 1.807) is 18.2 Å². The minimum absolute atomic E-state index is 0.109. The van der Waals surface area contributed by atoms with E-state index in [1.165, 1.54) is 6.07 Å². The van der Waals surface area contributed by atoms with E-state index in [9.17, 15) is 9.18 Å². The third kappa shape index (κ3) is 2.80. The maximum absolute atomic E-state index is 14.1. The van der Waals surface area contributed by atoms with Crippen molar-refractivity contribution in [2.24, 2.45) is 0 Å². The molecule has 2 heterocycles. The lowest BCUT2D eigenvalue weighted by Gasteiger charge is -2.26. The van der Waals surface area contributed by atoms with Crippen LogP contribution in [0, 0.1) is 5.82 Å². The molecule has 5 heteroatoms.